The van der Waals surface area contributed by atoms with E-state index in [-0.39, 0.29) is 5.41 Å². The number of imidazole rings is 1. The van der Waals surface area contributed by atoms with Gasteiger partial charge in [0.05, 0.1) is 11.0 Å². The van der Waals surface area contributed by atoms with E-state index < -0.39 is 0 Å². The van der Waals surface area contributed by atoms with Crippen molar-refractivity contribution in [3.8, 4) is 39.3 Å². The van der Waals surface area contributed by atoms with Crippen LogP contribution in [0.5, 0.6) is 0 Å². The maximum absolute atomic E-state index is 5.12. The van der Waals surface area contributed by atoms with Crippen molar-refractivity contribution in [2.75, 3.05) is 0 Å². The van der Waals surface area contributed by atoms with Gasteiger partial charge in [-0.3, -0.25) is 4.57 Å². The van der Waals surface area contributed by atoms with Crippen LogP contribution in [0.3, 0.4) is 0 Å². The first-order valence-corrected chi connectivity index (χ1v) is 17.1. The van der Waals surface area contributed by atoms with E-state index in [0.29, 0.717) is 0 Å². The second-order valence-corrected chi connectivity index (χ2v) is 14.0. The van der Waals surface area contributed by atoms with Crippen LogP contribution in [0.2, 0.25) is 0 Å². The molecule has 1 aromatic heterocycles. The lowest BCUT2D eigenvalue weighted by Gasteiger charge is -2.23. The zero-order valence-electron chi connectivity index (χ0n) is 28.0. The van der Waals surface area contributed by atoms with Crippen LogP contribution >= 0.6 is 0 Å². The lowest BCUT2D eigenvalue weighted by molar-refractivity contribution is 0.591. The fourth-order valence-electron chi connectivity index (χ4n) is 7.46. The molecule has 2 heteroatoms. The highest BCUT2D eigenvalue weighted by Crippen LogP contribution is 2.45. The highest BCUT2D eigenvalue weighted by atomic mass is 15.1. The van der Waals surface area contributed by atoms with Crippen LogP contribution in [0.15, 0.2) is 164 Å². The number of fused-ring (bicyclic) bond motifs is 4. The molecule has 0 bridgehead atoms. The highest BCUT2D eigenvalue weighted by Gasteiger charge is 2.21. The fourth-order valence-corrected chi connectivity index (χ4v) is 7.46. The van der Waals surface area contributed by atoms with Gasteiger partial charge in [-0.1, -0.05) is 148 Å². The molecule has 0 saturated heterocycles. The molecule has 0 aliphatic carbocycles. The second kappa shape index (κ2) is 11.3. The van der Waals surface area contributed by atoms with Crippen LogP contribution in [-0.2, 0) is 5.41 Å². The SMILES string of the molecule is CC(C)(C)c1ccc2c(-c3ccc(-c4nc5ccccc5n4-c4ccccc4)cc3)c3ccccc3c(-c3ccc4ccccc4c3)c2c1. The Bertz CT molecular complexity index is 2670. The van der Waals surface area contributed by atoms with Crippen molar-refractivity contribution >= 4 is 43.4 Å². The Morgan fingerprint density at radius 1 is 0.449 bits per heavy atom. The van der Waals surface area contributed by atoms with E-state index in [9.17, 15) is 0 Å². The molecule has 0 atom stereocenters. The number of para-hydroxylation sites is 3. The lowest BCUT2D eigenvalue weighted by atomic mass is 9.81. The minimum atomic E-state index is 0.0203. The summed E-state index contributed by atoms with van der Waals surface area (Å²) in [6.07, 6.45) is 0. The summed E-state index contributed by atoms with van der Waals surface area (Å²) in [4.78, 5) is 5.12. The van der Waals surface area contributed by atoms with Crippen LogP contribution in [-0.4, -0.2) is 9.55 Å². The molecule has 0 aliphatic heterocycles. The maximum Gasteiger partial charge on any atom is 0.145 e. The molecule has 8 aromatic carbocycles. The maximum atomic E-state index is 5.12. The Balaban J connectivity index is 1.28. The normalized spacial score (nSPS) is 12.0. The van der Waals surface area contributed by atoms with Crippen molar-refractivity contribution in [1.82, 2.24) is 9.55 Å². The topological polar surface area (TPSA) is 17.8 Å². The predicted octanol–water partition coefficient (Wildman–Crippen LogP) is 12.8. The number of benzene rings is 8. The Labute approximate surface area is 286 Å². The zero-order valence-corrected chi connectivity index (χ0v) is 28.0. The van der Waals surface area contributed by atoms with Gasteiger partial charge in [0.25, 0.3) is 0 Å². The van der Waals surface area contributed by atoms with Crippen molar-refractivity contribution in [2.24, 2.45) is 0 Å². The van der Waals surface area contributed by atoms with Gasteiger partial charge in [0, 0.05) is 11.3 Å². The Hall–Kier alpha value is -5.99. The molecule has 0 amide bonds. The van der Waals surface area contributed by atoms with Crippen molar-refractivity contribution in [3.05, 3.63) is 169 Å². The Morgan fingerprint density at radius 3 is 1.80 bits per heavy atom. The molecule has 0 fully saturated rings. The molecule has 9 aromatic rings. The van der Waals surface area contributed by atoms with Gasteiger partial charge < -0.3 is 0 Å². The summed E-state index contributed by atoms with van der Waals surface area (Å²) in [5, 5.41) is 7.58. The lowest BCUT2D eigenvalue weighted by Crippen LogP contribution is -2.10. The van der Waals surface area contributed by atoms with Crippen molar-refractivity contribution in [1.29, 1.82) is 0 Å². The largest absolute Gasteiger partial charge is 0.292 e. The quantitative estimate of drug-likeness (QED) is 0.177. The Kier molecular flexibility index (Phi) is 6.74. The third kappa shape index (κ3) is 4.91. The molecule has 0 unspecified atom stereocenters. The molecule has 1 heterocycles. The van der Waals surface area contributed by atoms with E-state index in [1.165, 1.54) is 60.1 Å². The number of rotatable bonds is 4. The van der Waals surface area contributed by atoms with E-state index >= 15 is 0 Å². The summed E-state index contributed by atoms with van der Waals surface area (Å²) in [7, 11) is 0. The fraction of sp³-hybridized carbons (Fsp3) is 0.0851. The minimum Gasteiger partial charge on any atom is -0.292 e. The highest BCUT2D eigenvalue weighted by molar-refractivity contribution is 6.22. The molecule has 2 nitrogen and oxygen atoms in total. The summed E-state index contributed by atoms with van der Waals surface area (Å²) >= 11 is 0. The molecule has 9 rings (SSSR count). The third-order valence-electron chi connectivity index (χ3n) is 9.94. The summed E-state index contributed by atoms with van der Waals surface area (Å²) in [6, 6.07) is 59.5. The van der Waals surface area contributed by atoms with Gasteiger partial charge >= 0.3 is 0 Å². The average molecular weight is 629 g/mol. The van der Waals surface area contributed by atoms with Crippen molar-refractivity contribution in [2.45, 2.75) is 26.2 Å². The van der Waals surface area contributed by atoms with Gasteiger partial charge in [-0.05, 0) is 102 Å². The standard InChI is InChI=1S/C47H36N2/c1-47(2,3)36-27-28-40-41(30-36)45(35-26-21-31-13-7-8-14-34(31)29-35)39-18-10-9-17-38(39)44(40)32-22-24-33(25-23-32)46-48-42-19-11-12-20-43(42)49(46)37-15-5-4-6-16-37/h4-30H,1-3H3. The molecular formula is C47H36N2. The molecule has 49 heavy (non-hydrogen) atoms. The summed E-state index contributed by atoms with van der Waals surface area (Å²) < 4.78 is 2.27. The van der Waals surface area contributed by atoms with E-state index in [0.717, 1.165) is 28.1 Å². The molecule has 0 radical (unpaired) electrons. The van der Waals surface area contributed by atoms with E-state index in [1.54, 1.807) is 0 Å². The van der Waals surface area contributed by atoms with Gasteiger partial charge in [0.15, 0.2) is 0 Å². The molecule has 0 N–H and O–H groups in total. The molecule has 0 saturated carbocycles. The number of hydrogen-bond acceptors (Lipinski definition) is 1. The molecular weight excluding hydrogens is 593 g/mol. The molecule has 0 spiro atoms. The number of hydrogen-bond donors (Lipinski definition) is 0. The van der Waals surface area contributed by atoms with Gasteiger partial charge in [0.2, 0.25) is 0 Å². The predicted molar refractivity (Wildman–Crippen MR) is 209 cm³/mol. The summed E-state index contributed by atoms with van der Waals surface area (Å²) in [6.45, 7) is 6.90. The van der Waals surface area contributed by atoms with Crippen LogP contribution < -0.4 is 0 Å². The van der Waals surface area contributed by atoms with Gasteiger partial charge in [-0.15, -0.1) is 0 Å². The zero-order chi connectivity index (χ0) is 33.1. The van der Waals surface area contributed by atoms with Gasteiger partial charge in [-0.25, -0.2) is 4.98 Å². The van der Waals surface area contributed by atoms with Crippen LogP contribution in [0.1, 0.15) is 26.3 Å². The summed E-state index contributed by atoms with van der Waals surface area (Å²) in [5.74, 6) is 0.940. The smallest absolute Gasteiger partial charge is 0.145 e. The monoisotopic (exact) mass is 628 g/mol. The van der Waals surface area contributed by atoms with E-state index in [2.05, 4.69) is 189 Å². The number of nitrogens with zero attached hydrogens (tertiary/aromatic N) is 2. The van der Waals surface area contributed by atoms with Crippen LogP contribution in [0.4, 0.5) is 0 Å². The van der Waals surface area contributed by atoms with Crippen molar-refractivity contribution < 1.29 is 0 Å². The first-order chi connectivity index (χ1) is 23.9. The molecule has 234 valence electrons. The number of aromatic nitrogens is 2. The second-order valence-electron chi connectivity index (χ2n) is 14.0. The van der Waals surface area contributed by atoms with Crippen LogP contribution in [0, 0.1) is 0 Å². The van der Waals surface area contributed by atoms with Crippen LogP contribution in [0.25, 0.3) is 82.7 Å². The third-order valence-corrected chi connectivity index (χ3v) is 9.94. The van der Waals surface area contributed by atoms with E-state index in [1.807, 2.05) is 0 Å². The van der Waals surface area contributed by atoms with Crippen molar-refractivity contribution in [3.63, 3.8) is 0 Å². The minimum absolute atomic E-state index is 0.0203. The first-order valence-electron chi connectivity index (χ1n) is 17.1. The molecule has 0 aliphatic rings. The average Bonchev–Trinajstić information content (AvgIpc) is 3.53. The summed E-state index contributed by atoms with van der Waals surface area (Å²) in [5.41, 5.74) is 10.6. The Morgan fingerprint density at radius 2 is 1.04 bits per heavy atom. The van der Waals surface area contributed by atoms with E-state index in [4.69, 9.17) is 4.98 Å². The van der Waals surface area contributed by atoms with Gasteiger partial charge in [0.1, 0.15) is 5.82 Å². The first kappa shape index (κ1) is 29.2. The van der Waals surface area contributed by atoms with Gasteiger partial charge in [-0.2, -0.15) is 0 Å².